The van der Waals surface area contributed by atoms with Crippen LogP contribution in [0, 0.1) is 0 Å². The van der Waals surface area contributed by atoms with E-state index < -0.39 is 0 Å². The number of nitrogens with zero attached hydrogens (tertiary/aromatic N) is 2. The molecule has 0 aliphatic carbocycles. The number of fused-ring (bicyclic) bond motifs is 1. The Hall–Kier alpha value is -2.58. The largest absolute Gasteiger partial charge is 0.497 e. The highest BCUT2D eigenvalue weighted by molar-refractivity contribution is 7.99. The van der Waals surface area contributed by atoms with Crippen molar-refractivity contribution in [1.82, 2.24) is 4.57 Å². The number of ether oxygens (including phenoxy) is 2. The summed E-state index contributed by atoms with van der Waals surface area (Å²) in [6.07, 6.45) is 0.350. The summed E-state index contributed by atoms with van der Waals surface area (Å²) < 4.78 is 13.1. The third-order valence-corrected chi connectivity index (χ3v) is 6.43. The molecule has 8 heteroatoms. The van der Waals surface area contributed by atoms with Crippen LogP contribution in [0.5, 0.6) is 5.75 Å². The number of methoxy groups -OCH3 is 1. The number of rotatable bonds is 8. The zero-order valence-electron chi connectivity index (χ0n) is 17.2. The van der Waals surface area contributed by atoms with E-state index in [2.05, 4.69) is 4.99 Å². The number of hydrogen-bond acceptors (Lipinski definition) is 6. The number of hydrogen-bond donors (Lipinski definition) is 0. The van der Waals surface area contributed by atoms with E-state index in [1.165, 1.54) is 11.3 Å². The Morgan fingerprint density at radius 3 is 2.57 bits per heavy atom. The van der Waals surface area contributed by atoms with Crippen LogP contribution in [0.2, 0.25) is 0 Å². The number of aryl methyl sites for hydroxylation is 1. The zero-order chi connectivity index (χ0) is 21.5. The fraction of sp³-hybridized carbons (Fsp3) is 0.318. The molecule has 0 fully saturated rings. The summed E-state index contributed by atoms with van der Waals surface area (Å²) in [5.74, 6) is 0.959. The van der Waals surface area contributed by atoms with Crippen molar-refractivity contribution in [1.29, 1.82) is 0 Å². The van der Waals surface area contributed by atoms with Crippen molar-refractivity contribution in [2.24, 2.45) is 4.99 Å². The van der Waals surface area contributed by atoms with E-state index >= 15 is 0 Å². The van der Waals surface area contributed by atoms with Crippen molar-refractivity contribution in [2.75, 3.05) is 19.5 Å². The lowest BCUT2D eigenvalue weighted by atomic mass is 10.2. The van der Waals surface area contributed by atoms with Crippen LogP contribution in [0.1, 0.15) is 30.6 Å². The highest BCUT2D eigenvalue weighted by atomic mass is 32.2. The number of esters is 1. The fourth-order valence-corrected chi connectivity index (χ4v) is 4.89. The molecule has 0 saturated carbocycles. The molecule has 6 nitrogen and oxygen atoms in total. The van der Waals surface area contributed by atoms with Gasteiger partial charge in [-0.25, -0.2) is 4.79 Å². The number of benzene rings is 2. The Morgan fingerprint density at radius 2 is 1.90 bits per heavy atom. The summed E-state index contributed by atoms with van der Waals surface area (Å²) in [5.41, 5.74) is 1.46. The van der Waals surface area contributed by atoms with Crippen LogP contribution in [0.25, 0.3) is 10.2 Å². The first-order valence-corrected chi connectivity index (χ1v) is 11.5. The van der Waals surface area contributed by atoms with E-state index in [-0.39, 0.29) is 11.9 Å². The van der Waals surface area contributed by atoms with Gasteiger partial charge in [0.05, 0.1) is 29.5 Å². The predicted octanol–water partition coefficient (Wildman–Crippen LogP) is 4.52. The van der Waals surface area contributed by atoms with Gasteiger partial charge in [0.2, 0.25) is 5.91 Å². The molecule has 0 atom stereocenters. The molecule has 0 N–H and O–H groups in total. The maximum absolute atomic E-state index is 12.4. The van der Waals surface area contributed by atoms with Gasteiger partial charge in [0.1, 0.15) is 5.75 Å². The average molecular weight is 445 g/mol. The molecule has 2 aromatic carbocycles. The average Bonchev–Trinajstić information content (AvgIpc) is 3.10. The fourth-order valence-electron chi connectivity index (χ4n) is 2.90. The molecule has 0 spiro atoms. The van der Waals surface area contributed by atoms with Crippen LogP contribution in [0.15, 0.2) is 52.4 Å². The van der Waals surface area contributed by atoms with E-state index in [0.29, 0.717) is 35.7 Å². The molecule has 1 heterocycles. The molecule has 0 bridgehead atoms. The normalized spacial score (nSPS) is 11.6. The van der Waals surface area contributed by atoms with Gasteiger partial charge in [0, 0.05) is 23.6 Å². The van der Waals surface area contributed by atoms with Crippen molar-refractivity contribution >= 4 is 45.2 Å². The Morgan fingerprint density at radius 1 is 1.13 bits per heavy atom. The van der Waals surface area contributed by atoms with Gasteiger partial charge in [-0.1, -0.05) is 11.3 Å². The third-order valence-electron chi connectivity index (χ3n) is 4.37. The molecule has 158 valence electrons. The Bertz CT molecular complexity index is 1100. The third kappa shape index (κ3) is 5.31. The minimum absolute atomic E-state index is 0.157. The molecule has 30 heavy (non-hydrogen) atoms. The van der Waals surface area contributed by atoms with Crippen LogP contribution in [0.4, 0.5) is 0 Å². The van der Waals surface area contributed by atoms with E-state index in [4.69, 9.17) is 9.47 Å². The van der Waals surface area contributed by atoms with Gasteiger partial charge < -0.3 is 14.0 Å². The van der Waals surface area contributed by atoms with Gasteiger partial charge in [-0.15, -0.1) is 11.8 Å². The second kappa shape index (κ2) is 10.4. The quantitative estimate of drug-likeness (QED) is 0.377. The zero-order valence-corrected chi connectivity index (χ0v) is 18.8. The first kappa shape index (κ1) is 22.1. The van der Waals surface area contributed by atoms with E-state index in [1.54, 1.807) is 37.9 Å². The number of thiazole rings is 1. The Kier molecular flexibility index (Phi) is 7.70. The van der Waals surface area contributed by atoms with Gasteiger partial charge in [-0.05, 0) is 56.3 Å². The first-order valence-electron chi connectivity index (χ1n) is 9.70. The van der Waals surface area contributed by atoms with Crippen LogP contribution >= 0.6 is 23.1 Å². The highest BCUT2D eigenvalue weighted by Crippen LogP contribution is 2.22. The Labute approximate surface area is 183 Å². The standard InChI is InChI=1S/C22H24N2O4S2/c1-4-24-18-11-6-15(21(26)28-5-2)14-19(18)30-22(24)23-20(25)12-13-29-17-9-7-16(27-3)8-10-17/h6-11,14H,4-5,12-13H2,1-3H3. The highest BCUT2D eigenvalue weighted by Gasteiger charge is 2.12. The lowest BCUT2D eigenvalue weighted by Crippen LogP contribution is -2.16. The van der Waals surface area contributed by atoms with E-state index in [1.807, 2.05) is 41.8 Å². The molecule has 0 saturated heterocycles. The second-order valence-corrected chi connectivity index (χ2v) is 8.49. The smallest absolute Gasteiger partial charge is 0.338 e. The van der Waals surface area contributed by atoms with Gasteiger partial charge in [-0.3, -0.25) is 4.79 Å². The summed E-state index contributed by atoms with van der Waals surface area (Å²) in [6.45, 7) is 4.81. The summed E-state index contributed by atoms with van der Waals surface area (Å²) in [6, 6.07) is 13.2. The van der Waals surface area contributed by atoms with Gasteiger partial charge in [0.25, 0.3) is 0 Å². The monoisotopic (exact) mass is 444 g/mol. The maximum atomic E-state index is 12.4. The van der Waals surface area contributed by atoms with Crippen LogP contribution in [-0.2, 0) is 16.1 Å². The van der Waals surface area contributed by atoms with Gasteiger partial charge in [0.15, 0.2) is 4.80 Å². The van der Waals surface area contributed by atoms with Crippen LogP contribution in [-0.4, -0.2) is 35.9 Å². The van der Waals surface area contributed by atoms with Gasteiger partial charge >= 0.3 is 5.97 Å². The predicted molar refractivity (Wildman–Crippen MR) is 120 cm³/mol. The molecule has 0 radical (unpaired) electrons. The summed E-state index contributed by atoms with van der Waals surface area (Å²) in [5, 5.41) is 0. The summed E-state index contributed by atoms with van der Waals surface area (Å²) in [4.78, 5) is 30.5. The number of thioether (sulfide) groups is 1. The molecule has 1 amide bonds. The molecule has 1 aromatic heterocycles. The van der Waals surface area contributed by atoms with Crippen molar-refractivity contribution in [3.63, 3.8) is 0 Å². The van der Waals surface area contributed by atoms with E-state index in [9.17, 15) is 9.59 Å². The summed E-state index contributed by atoms with van der Waals surface area (Å²) >= 11 is 3.02. The Balaban J connectivity index is 1.73. The van der Waals surface area contributed by atoms with Crippen LogP contribution in [0.3, 0.4) is 0 Å². The van der Waals surface area contributed by atoms with Crippen molar-refractivity contribution in [2.45, 2.75) is 31.7 Å². The molecule has 3 aromatic rings. The minimum Gasteiger partial charge on any atom is -0.497 e. The number of aromatic nitrogens is 1. The lowest BCUT2D eigenvalue weighted by molar-refractivity contribution is -0.117. The molecule has 0 aliphatic heterocycles. The summed E-state index contributed by atoms with van der Waals surface area (Å²) in [7, 11) is 1.64. The second-order valence-electron chi connectivity index (χ2n) is 6.31. The van der Waals surface area contributed by atoms with Crippen LogP contribution < -0.4 is 9.54 Å². The molecular formula is C22H24N2O4S2. The topological polar surface area (TPSA) is 69.9 Å². The minimum atomic E-state index is -0.346. The van der Waals surface area contributed by atoms with Crippen molar-refractivity contribution in [3.8, 4) is 5.75 Å². The molecule has 3 rings (SSSR count). The van der Waals surface area contributed by atoms with Crippen molar-refractivity contribution < 1.29 is 19.1 Å². The first-order chi connectivity index (χ1) is 14.5. The number of carbonyl (C=O) groups is 2. The SMILES string of the molecule is CCOC(=O)c1ccc2c(c1)sc(=NC(=O)CCSc1ccc(OC)cc1)n2CC. The molecular weight excluding hydrogens is 420 g/mol. The molecule has 0 aliphatic rings. The molecule has 0 unspecified atom stereocenters. The van der Waals surface area contributed by atoms with E-state index in [0.717, 1.165) is 20.9 Å². The number of amides is 1. The van der Waals surface area contributed by atoms with Gasteiger partial charge in [-0.2, -0.15) is 4.99 Å². The number of carbonyl (C=O) groups excluding carboxylic acids is 2. The lowest BCUT2D eigenvalue weighted by Gasteiger charge is -2.03. The maximum Gasteiger partial charge on any atom is 0.338 e. The van der Waals surface area contributed by atoms with Crippen molar-refractivity contribution in [3.05, 3.63) is 52.8 Å².